The maximum absolute atomic E-state index is 12.3. The van der Waals surface area contributed by atoms with Gasteiger partial charge in [0.1, 0.15) is 11.8 Å². The van der Waals surface area contributed by atoms with Crippen molar-refractivity contribution in [3.05, 3.63) is 99.2 Å². The summed E-state index contributed by atoms with van der Waals surface area (Å²) in [5.41, 5.74) is 5.50. The van der Waals surface area contributed by atoms with Crippen LogP contribution < -0.4 is 5.43 Å². The molecular formula is C24H16Cl2N4O2. The summed E-state index contributed by atoms with van der Waals surface area (Å²) in [5, 5.41) is 24.7. The third-order valence-electron chi connectivity index (χ3n) is 4.87. The third kappa shape index (κ3) is 4.59. The van der Waals surface area contributed by atoms with E-state index in [1.54, 1.807) is 12.3 Å². The number of fused-ring (bicyclic) bond motifs is 1. The minimum Gasteiger partial charge on any atom is -0.507 e. The number of nitrogens with one attached hydrogen (secondary N) is 1. The topological polar surface area (TPSA) is 90.4 Å². The Labute approximate surface area is 193 Å². The van der Waals surface area contributed by atoms with Gasteiger partial charge in [-0.2, -0.15) is 10.4 Å². The second-order valence-corrected chi connectivity index (χ2v) is 7.92. The predicted octanol–water partition coefficient (Wildman–Crippen LogP) is 5.34. The molecule has 0 fully saturated rings. The van der Waals surface area contributed by atoms with E-state index < -0.39 is 5.91 Å². The van der Waals surface area contributed by atoms with Crippen LogP contribution in [0.25, 0.3) is 10.9 Å². The van der Waals surface area contributed by atoms with Gasteiger partial charge in [0.25, 0.3) is 5.91 Å². The van der Waals surface area contributed by atoms with Gasteiger partial charge in [0.2, 0.25) is 0 Å². The molecule has 4 aromatic rings. The van der Waals surface area contributed by atoms with Crippen LogP contribution >= 0.6 is 23.2 Å². The summed E-state index contributed by atoms with van der Waals surface area (Å²) in [6, 6.07) is 19.1. The Morgan fingerprint density at radius 2 is 1.91 bits per heavy atom. The van der Waals surface area contributed by atoms with E-state index in [9.17, 15) is 9.90 Å². The largest absolute Gasteiger partial charge is 0.507 e. The first kappa shape index (κ1) is 21.4. The molecule has 3 aromatic carbocycles. The quantitative estimate of drug-likeness (QED) is 0.309. The highest BCUT2D eigenvalue weighted by Crippen LogP contribution is 2.23. The van der Waals surface area contributed by atoms with E-state index in [0.29, 0.717) is 16.6 Å². The molecule has 2 N–H and O–H groups in total. The number of hydrazone groups is 1. The van der Waals surface area contributed by atoms with Gasteiger partial charge in [0.05, 0.1) is 11.8 Å². The molecule has 4 rings (SSSR count). The highest BCUT2D eigenvalue weighted by molar-refractivity contribution is 6.34. The average molecular weight is 463 g/mol. The van der Waals surface area contributed by atoms with Crippen molar-refractivity contribution in [1.29, 1.82) is 5.26 Å². The number of carbonyl (C=O) groups excluding carboxylic acids is 1. The minimum absolute atomic E-state index is 0.0220. The molecule has 8 heteroatoms. The van der Waals surface area contributed by atoms with E-state index in [-0.39, 0.29) is 16.9 Å². The molecule has 0 atom stereocenters. The molecule has 0 saturated carbocycles. The molecule has 0 aliphatic carbocycles. The number of amides is 1. The van der Waals surface area contributed by atoms with E-state index in [1.165, 1.54) is 18.2 Å². The van der Waals surface area contributed by atoms with Crippen molar-refractivity contribution in [3.63, 3.8) is 0 Å². The Morgan fingerprint density at radius 3 is 2.66 bits per heavy atom. The number of phenols is 1. The van der Waals surface area contributed by atoms with Gasteiger partial charge < -0.3 is 9.67 Å². The van der Waals surface area contributed by atoms with Gasteiger partial charge in [-0.3, -0.25) is 4.79 Å². The molecule has 158 valence electrons. The number of aromatic hydroxyl groups is 1. The number of carbonyl (C=O) groups is 1. The van der Waals surface area contributed by atoms with Gasteiger partial charge in [0.15, 0.2) is 0 Å². The molecular weight excluding hydrogens is 447 g/mol. The van der Waals surface area contributed by atoms with E-state index in [0.717, 1.165) is 22.0 Å². The number of rotatable bonds is 5. The lowest BCUT2D eigenvalue weighted by molar-refractivity contribution is 0.0955. The fourth-order valence-corrected chi connectivity index (χ4v) is 3.96. The summed E-state index contributed by atoms with van der Waals surface area (Å²) in [4.78, 5) is 12.3. The molecule has 32 heavy (non-hydrogen) atoms. The van der Waals surface area contributed by atoms with Crippen molar-refractivity contribution in [2.45, 2.75) is 6.54 Å². The summed E-state index contributed by atoms with van der Waals surface area (Å²) < 4.78 is 2.08. The van der Waals surface area contributed by atoms with Gasteiger partial charge >= 0.3 is 0 Å². The Morgan fingerprint density at radius 1 is 1.12 bits per heavy atom. The van der Waals surface area contributed by atoms with Crippen LogP contribution in [0.5, 0.6) is 5.75 Å². The SMILES string of the molecule is N#Cc1cc(C(=O)N/N=C/c2cccc3c2ccn3Cc2cc(Cl)cc(Cl)c2)ccc1O. The van der Waals surface area contributed by atoms with Crippen LogP contribution in [0, 0.1) is 11.3 Å². The number of aromatic nitrogens is 1. The lowest BCUT2D eigenvalue weighted by atomic mass is 10.1. The molecule has 0 aliphatic heterocycles. The van der Waals surface area contributed by atoms with Crippen LogP contribution in [0.2, 0.25) is 10.0 Å². The second kappa shape index (κ2) is 9.15. The van der Waals surface area contributed by atoms with Crippen molar-refractivity contribution in [1.82, 2.24) is 9.99 Å². The number of benzene rings is 3. The van der Waals surface area contributed by atoms with Crippen LogP contribution in [0.1, 0.15) is 27.0 Å². The summed E-state index contributed by atoms with van der Waals surface area (Å²) in [6.07, 6.45) is 3.53. The maximum atomic E-state index is 12.3. The molecule has 0 bridgehead atoms. The molecule has 0 saturated heterocycles. The average Bonchev–Trinajstić information content (AvgIpc) is 3.17. The Bertz CT molecular complexity index is 1380. The summed E-state index contributed by atoms with van der Waals surface area (Å²) in [7, 11) is 0. The number of hydrogen-bond acceptors (Lipinski definition) is 4. The summed E-state index contributed by atoms with van der Waals surface area (Å²) >= 11 is 12.2. The normalized spacial score (nSPS) is 11.0. The van der Waals surface area contributed by atoms with E-state index in [1.807, 2.05) is 48.7 Å². The Balaban J connectivity index is 1.53. The van der Waals surface area contributed by atoms with E-state index in [4.69, 9.17) is 28.5 Å². The van der Waals surface area contributed by atoms with Crippen molar-refractivity contribution in [3.8, 4) is 11.8 Å². The van der Waals surface area contributed by atoms with Crippen molar-refractivity contribution >= 4 is 46.2 Å². The van der Waals surface area contributed by atoms with Gasteiger partial charge in [-0.05, 0) is 54.1 Å². The minimum atomic E-state index is -0.486. The second-order valence-electron chi connectivity index (χ2n) is 7.04. The first-order valence-corrected chi connectivity index (χ1v) is 10.3. The van der Waals surface area contributed by atoms with Crippen LogP contribution in [-0.2, 0) is 6.54 Å². The highest BCUT2D eigenvalue weighted by atomic mass is 35.5. The number of hydrogen-bond donors (Lipinski definition) is 2. The summed E-state index contributed by atoms with van der Waals surface area (Å²) in [6.45, 7) is 0.600. The lowest BCUT2D eigenvalue weighted by Crippen LogP contribution is -2.17. The van der Waals surface area contributed by atoms with Crippen LogP contribution in [-0.4, -0.2) is 21.8 Å². The smallest absolute Gasteiger partial charge is 0.271 e. The molecule has 1 aromatic heterocycles. The van der Waals surface area contributed by atoms with Gasteiger partial charge in [-0.15, -0.1) is 0 Å². The zero-order chi connectivity index (χ0) is 22.7. The number of phenolic OH excluding ortho intramolecular Hbond substituents is 1. The Hall–Kier alpha value is -3.79. The van der Waals surface area contributed by atoms with Crippen LogP contribution in [0.15, 0.2) is 72.0 Å². The lowest BCUT2D eigenvalue weighted by Gasteiger charge is -2.07. The zero-order valence-electron chi connectivity index (χ0n) is 16.6. The first-order chi connectivity index (χ1) is 15.4. The third-order valence-corrected chi connectivity index (χ3v) is 5.31. The van der Waals surface area contributed by atoms with E-state index >= 15 is 0 Å². The van der Waals surface area contributed by atoms with Crippen LogP contribution in [0.4, 0.5) is 0 Å². The van der Waals surface area contributed by atoms with Crippen molar-refractivity contribution in [2.75, 3.05) is 0 Å². The van der Waals surface area contributed by atoms with Gasteiger partial charge in [-0.1, -0.05) is 35.3 Å². The number of nitrogens with zero attached hydrogens (tertiary/aromatic N) is 3. The highest BCUT2D eigenvalue weighted by Gasteiger charge is 2.09. The predicted molar refractivity (Wildman–Crippen MR) is 125 cm³/mol. The van der Waals surface area contributed by atoms with Gasteiger partial charge in [-0.25, -0.2) is 5.43 Å². The molecule has 0 aliphatic rings. The molecule has 0 radical (unpaired) electrons. The van der Waals surface area contributed by atoms with E-state index in [2.05, 4.69) is 15.1 Å². The fraction of sp³-hybridized carbons (Fsp3) is 0.0417. The summed E-state index contributed by atoms with van der Waals surface area (Å²) in [5.74, 6) is -0.663. The first-order valence-electron chi connectivity index (χ1n) is 9.54. The molecule has 0 unspecified atom stereocenters. The monoisotopic (exact) mass is 462 g/mol. The molecule has 0 spiro atoms. The van der Waals surface area contributed by atoms with Crippen molar-refractivity contribution in [2.24, 2.45) is 5.10 Å². The molecule has 1 amide bonds. The zero-order valence-corrected chi connectivity index (χ0v) is 18.1. The fourth-order valence-electron chi connectivity index (χ4n) is 3.39. The van der Waals surface area contributed by atoms with Crippen LogP contribution in [0.3, 0.4) is 0 Å². The maximum Gasteiger partial charge on any atom is 0.271 e. The number of nitriles is 1. The van der Waals surface area contributed by atoms with Gasteiger partial charge in [0, 0.05) is 44.8 Å². The number of halogens is 2. The molecule has 6 nitrogen and oxygen atoms in total. The standard InChI is InChI=1S/C24H16Cl2N4O2/c25-19-8-15(9-20(26)11-19)14-30-7-6-21-17(2-1-3-22(21)30)13-28-29-24(32)16-4-5-23(31)18(10-16)12-27/h1-11,13,31H,14H2,(H,29,32)/b28-13+. The Kier molecular flexibility index (Phi) is 6.13. The molecule has 1 heterocycles. The van der Waals surface area contributed by atoms with Crippen molar-refractivity contribution < 1.29 is 9.90 Å².